The highest BCUT2D eigenvalue weighted by molar-refractivity contribution is 7.94. The van der Waals surface area contributed by atoms with Crippen molar-refractivity contribution in [1.29, 1.82) is 0 Å². The van der Waals surface area contributed by atoms with Crippen molar-refractivity contribution in [2.45, 2.75) is 19.4 Å². The number of ether oxygens (including phenoxy) is 1. The normalized spacial score (nSPS) is 22.2. The van der Waals surface area contributed by atoms with E-state index in [1.807, 2.05) is 0 Å². The standard InChI is InChI=1S/C21H20F2N4O6S/c1-12(28)24-10-15-11-27(21(30)32-15)14-8-16(22)19(17(23)9-14)13-3-6-34(31,7-4-13)26-20(29)18-2-5-25-33-18/h2-3,5,8-9,15H,4,6-7,10-11H2,1H3,(H,24,28)/t15-,34?/m0/s1. The van der Waals surface area contributed by atoms with Crippen molar-refractivity contribution in [2.24, 2.45) is 4.36 Å². The Labute approximate surface area is 193 Å². The summed E-state index contributed by atoms with van der Waals surface area (Å²) in [7, 11) is -2.96. The molecule has 10 nitrogen and oxygen atoms in total. The summed E-state index contributed by atoms with van der Waals surface area (Å²) in [5.74, 6) is -3.28. The van der Waals surface area contributed by atoms with Gasteiger partial charge in [0.25, 0.3) is 0 Å². The predicted molar refractivity (Wildman–Crippen MR) is 116 cm³/mol. The lowest BCUT2D eigenvalue weighted by Gasteiger charge is -2.19. The molecule has 0 spiro atoms. The van der Waals surface area contributed by atoms with Crippen LogP contribution in [0.25, 0.3) is 5.57 Å². The lowest BCUT2D eigenvalue weighted by Crippen LogP contribution is -2.33. The van der Waals surface area contributed by atoms with Gasteiger partial charge in [0.2, 0.25) is 11.7 Å². The molecule has 0 aliphatic carbocycles. The number of hydrogen-bond acceptors (Lipinski definition) is 7. The minimum Gasteiger partial charge on any atom is -0.442 e. The Bertz CT molecular complexity index is 1280. The van der Waals surface area contributed by atoms with Crippen molar-refractivity contribution in [2.75, 3.05) is 29.5 Å². The first-order chi connectivity index (χ1) is 16.1. The molecular weight excluding hydrogens is 474 g/mol. The summed E-state index contributed by atoms with van der Waals surface area (Å²) < 4.78 is 56.3. The summed E-state index contributed by atoms with van der Waals surface area (Å²) in [5.41, 5.74) is -0.0357. The molecule has 13 heteroatoms. The summed E-state index contributed by atoms with van der Waals surface area (Å²) in [6.07, 6.45) is 1.26. The second kappa shape index (κ2) is 9.33. The van der Waals surface area contributed by atoms with Gasteiger partial charge in [0.1, 0.15) is 17.7 Å². The van der Waals surface area contributed by atoms with Gasteiger partial charge in [-0.3, -0.25) is 14.5 Å². The molecule has 3 heterocycles. The number of rotatable bonds is 5. The van der Waals surface area contributed by atoms with Crippen LogP contribution in [0.5, 0.6) is 0 Å². The van der Waals surface area contributed by atoms with E-state index in [-0.39, 0.29) is 59.5 Å². The van der Waals surface area contributed by atoms with Gasteiger partial charge in [0.05, 0.1) is 40.5 Å². The monoisotopic (exact) mass is 494 g/mol. The predicted octanol–water partition coefficient (Wildman–Crippen LogP) is 2.51. The molecule has 2 aliphatic rings. The van der Waals surface area contributed by atoms with Gasteiger partial charge in [-0.2, -0.15) is 4.36 Å². The average Bonchev–Trinajstić information content (AvgIpc) is 3.43. The highest BCUT2D eigenvalue weighted by atomic mass is 32.2. The smallest absolute Gasteiger partial charge is 0.414 e. The quantitative estimate of drug-likeness (QED) is 0.676. The number of nitrogens with one attached hydrogen (secondary N) is 1. The lowest BCUT2D eigenvalue weighted by atomic mass is 10.0. The maximum Gasteiger partial charge on any atom is 0.414 e. The first kappa shape index (κ1) is 23.5. The van der Waals surface area contributed by atoms with Crippen LogP contribution in [0, 0.1) is 11.6 Å². The van der Waals surface area contributed by atoms with Gasteiger partial charge in [0, 0.05) is 24.3 Å². The third kappa shape index (κ3) is 4.98. The zero-order valence-electron chi connectivity index (χ0n) is 18.0. The van der Waals surface area contributed by atoms with Gasteiger partial charge in [-0.25, -0.2) is 17.8 Å². The molecule has 0 bridgehead atoms. The van der Waals surface area contributed by atoms with Gasteiger partial charge >= 0.3 is 12.0 Å². The minimum absolute atomic E-state index is 0.0167. The molecule has 1 aromatic heterocycles. The van der Waals surface area contributed by atoms with Crippen LogP contribution in [-0.2, 0) is 19.3 Å². The fourth-order valence-corrected chi connectivity index (χ4v) is 5.36. The summed E-state index contributed by atoms with van der Waals surface area (Å²) in [6.45, 7) is 1.42. The second-order valence-electron chi connectivity index (χ2n) is 7.73. The van der Waals surface area contributed by atoms with Crippen LogP contribution < -0.4 is 10.2 Å². The third-order valence-corrected chi connectivity index (χ3v) is 7.32. The third-order valence-electron chi connectivity index (χ3n) is 5.29. The number of cyclic esters (lactones) is 1. The summed E-state index contributed by atoms with van der Waals surface area (Å²) in [4.78, 5) is 36.3. The SMILES string of the molecule is CC(=O)NC[C@H]1CN(c2cc(F)c(C3=CCS(=O)(=NC(=O)c4ccno4)CC3)c(F)c2)C(=O)O1. The van der Waals surface area contributed by atoms with E-state index in [9.17, 15) is 27.4 Å². The largest absolute Gasteiger partial charge is 0.442 e. The van der Waals surface area contributed by atoms with Crippen LogP contribution in [0.3, 0.4) is 0 Å². The van der Waals surface area contributed by atoms with Crippen LogP contribution >= 0.6 is 0 Å². The molecule has 0 saturated carbocycles. The van der Waals surface area contributed by atoms with Crippen molar-refractivity contribution in [1.82, 2.24) is 10.5 Å². The zero-order valence-corrected chi connectivity index (χ0v) is 18.8. The molecule has 1 saturated heterocycles. The number of anilines is 1. The van der Waals surface area contributed by atoms with Crippen molar-refractivity contribution >= 4 is 38.9 Å². The molecule has 1 unspecified atom stereocenters. The maximum absolute atomic E-state index is 14.9. The van der Waals surface area contributed by atoms with E-state index >= 15 is 0 Å². The average molecular weight is 494 g/mol. The number of hydrogen-bond donors (Lipinski definition) is 1. The van der Waals surface area contributed by atoms with Crippen LogP contribution in [0.4, 0.5) is 19.3 Å². The van der Waals surface area contributed by atoms with Crippen LogP contribution in [0.1, 0.15) is 29.5 Å². The van der Waals surface area contributed by atoms with E-state index in [4.69, 9.17) is 9.26 Å². The van der Waals surface area contributed by atoms with Gasteiger partial charge < -0.3 is 14.6 Å². The van der Waals surface area contributed by atoms with Crippen molar-refractivity contribution in [3.8, 4) is 0 Å². The van der Waals surface area contributed by atoms with E-state index in [2.05, 4.69) is 14.8 Å². The van der Waals surface area contributed by atoms with Gasteiger partial charge in [-0.15, -0.1) is 0 Å². The molecule has 1 aromatic carbocycles. The summed E-state index contributed by atoms with van der Waals surface area (Å²) in [6, 6.07) is 3.33. The highest BCUT2D eigenvalue weighted by Crippen LogP contribution is 2.33. The second-order valence-corrected chi connectivity index (χ2v) is 10.2. The number of halogens is 2. The van der Waals surface area contributed by atoms with Crippen molar-refractivity contribution < 1.29 is 36.6 Å². The van der Waals surface area contributed by atoms with E-state index in [1.165, 1.54) is 25.3 Å². The van der Waals surface area contributed by atoms with E-state index < -0.39 is 39.5 Å². The molecule has 1 fully saturated rings. The molecule has 34 heavy (non-hydrogen) atoms. The number of carbonyl (C=O) groups is 3. The fraction of sp³-hybridized carbons (Fsp3) is 0.333. The van der Waals surface area contributed by atoms with Crippen LogP contribution in [-0.4, -0.2) is 58.0 Å². The molecule has 3 amide bonds. The number of nitrogens with zero attached hydrogens (tertiary/aromatic N) is 3. The van der Waals surface area contributed by atoms with E-state index in [0.717, 1.165) is 17.0 Å². The molecule has 0 radical (unpaired) electrons. The zero-order chi connectivity index (χ0) is 24.5. The van der Waals surface area contributed by atoms with Gasteiger partial charge in [0.15, 0.2) is 0 Å². The summed E-state index contributed by atoms with van der Waals surface area (Å²) in [5, 5.41) is 5.92. The number of amides is 3. The molecule has 4 rings (SSSR count). The molecule has 180 valence electrons. The maximum atomic E-state index is 14.9. The Morgan fingerprint density at radius 1 is 1.32 bits per heavy atom. The topological polar surface area (TPSA) is 131 Å². The molecular formula is C21H20F2N4O6S. The van der Waals surface area contributed by atoms with Crippen LogP contribution in [0.15, 0.2) is 39.4 Å². The van der Waals surface area contributed by atoms with Crippen LogP contribution in [0.2, 0.25) is 0 Å². The fourth-order valence-electron chi connectivity index (χ4n) is 3.64. The molecule has 1 N–H and O–H groups in total. The Morgan fingerprint density at radius 2 is 2.06 bits per heavy atom. The van der Waals surface area contributed by atoms with Gasteiger partial charge in [-0.1, -0.05) is 11.2 Å². The first-order valence-electron chi connectivity index (χ1n) is 10.2. The minimum atomic E-state index is -2.96. The summed E-state index contributed by atoms with van der Waals surface area (Å²) >= 11 is 0. The molecule has 2 aliphatic heterocycles. The first-order valence-corrected chi connectivity index (χ1v) is 12.1. The lowest BCUT2D eigenvalue weighted by molar-refractivity contribution is -0.119. The Hall–Kier alpha value is -3.61. The number of aromatic nitrogens is 1. The Morgan fingerprint density at radius 3 is 2.65 bits per heavy atom. The molecule has 2 aromatic rings. The Kier molecular flexibility index (Phi) is 6.46. The highest BCUT2D eigenvalue weighted by Gasteiger charge is 2.34. The van der Waals surface area contributed by atoms with Gasteiger partial charge in [-0.05, 0) is 24.1 Å². The van der Waals surface area contributed by atoms with E-state index in [1.54, 1.807) is 0 Å². The molecule has 2 atom stereocenters. The Balaban J connectivity index is 1.52. The van der Waals surface area contributed by atoms with Crippen molar-refractivity contribution in [3.05, 3.63) is 53.4 Å². The number of carbonyl (C=O) groups excluding carboxylic acids is 3. The number of benzene rings is 1. The van der Waals surface area contributed by atoms with Crippen molar-refractivity contribution in [3.63, 3.8) is 0 Å². The van der Waals surface area contributed by atoms with E-state index in [0.29, 0.717) is 0 Å². The number of allylic oxidation sites excluding steroid dienone is 1.